The molecule has 0 aliphatic carbocycles. The summed E-state index contributed by atoms with van der Waals surface area (Å²) in [6.07, 6.45) is 2.06. The fraction of sp³-hybridized carbons (Fsp3) is 0.300. The van der Waals surface area contributed by atoms with Gasteiger partial charge in [0.05, 0.1) is 23.1 Å². The predicted octanol–water partition coefficient (Wildman–Crippen LogP) is 3.98. The SMILES string of the molecule is O=C(CSc1ccc(Cl)cc1)Nc1ccccc1C(=O)NC[C@H]1CCCO1. The lowest BCUT2D eigenvalue weighted by atomic mass is 10.1. The number of carbonyl (C=O) groups is 2. The lowest BCUT2D eigenvalue weighted by molar-refractivity contribution is -0.113. The molecule has 5 nitrogen and oxygen atoms in total. The van der Waals surface area contributed by atoms with Crippen molar-refractivity contribution in [3.63, 3.8) is 0 Å². The largest absolute Gasteiger partial charge is 0.376 e. The zero-order valence-electron chi connectivity index (χ0n) is 14.7. The van der Waals surface area contributed by atoms with Gasteiger partial charge in [0.2, 0.25) is 5.91 Å². The van der Waals surface area contributed by atoms with E-state index in [4.69, 9.17) is 16.3 Å². The summed E-state index contributed by atoms with van der Waals surface area (Å²) in [7, 11) is 0. The summed E-state index contributed by atoms with van der Waals surface area (Å²) >= 11 is 7.27. The summed E-state index contributed by atoms with van der Waals surface area (Å²) < 4.78 is 5.52. The normalized spacial score (nSPS) is 16.1. The number of halogens is 1. The lowest BCUT2D eigenvalue weighted by Gasteiger charge is -2.13. The van der Waals surface area contributed by atoms with Crippen LogP contribution in [0, 0.1) is 0 Å². The molecule has 1 aliphatic rings. The maximum atomic E-state index is 12.5. The first-order valence-corrected chi connectivity index (χ1v) is 10.2. The highest BCUT2D eigenvalue weighted by molar-refractivity contribution is 8.00. The van der Waals surface area contributed by atoms with Crippen molar-refractivity contribution in [3.05, 3.63) is 59.1 Å². The fourth-order valence-corrected chi connectivity index (χ4v) is 3.59. The van der Waals surface area contributed by atoms with Crippen molar-refractivity contribution in [1.29, 1.82) is 0 Å². The number of hydrogen-bond donors (Lipinski definition) is 2. The Balaban J connectivity index is 1.55. The highest BCUT2D eigenvalue weighted by Crippen LogP contribution is 2.21. The van der Waals surface area contributed by atoms with E-state index in [-0.39, 0.29) is 23.7 Å². The summed E-state index contributed by atoms with van der Waals surface area (Å²) in [5.74, 6) is -0.144. The molecule has 1 heterocycles. The van der Waals surface area contributed by atoms with Gasteiger partial charge in [-0.3, -0.25) is 9.59 Å². The van der Waals surface area contributed by atoms with Gasteiger partial charge in [-0.15, -0.1) is 11.8 Å². The molecule has 2 amide bonds. The number of benzene rings is 2. The Bertz CT molecular complexity index is 792. The molecule has 1 atom stereocenters. The zero-order valence-corrected chi connectivity index (χ0v) is 16.3. The van der Waals surface area contributed by atoms with Crippen LogP contribution in [0.1, 0.15) is 23.2 Å². The van der Waals surface area contributed by atoms with Crippen LogP contribution >= 0.6 is 23.4 Å². The van der Waals surface area contributed by atoms with Crippen LogP contribution in [0.25, 0.3) is 0 Å². The number of nitrogens with one attached hydrogen (secondary N) is 2. The van der Waals surface area contributed by atoms with Crippen molar-refractivity contribution in [2.45, 2.75) is 23.8 Å². The number of thioether (sulfide) groups is 1. The average molecular weight is 405 g/mol. The third-order valence-electron chi connectivity index (χ3n) is 4.14. The predicted molar refractivity (Wildman–Crippen MR) is 109 cm³/mol. The van der Waals surface area contributed by atoms with E-state index < -0.39 is 0 Å². The molecule has 27 heavy (non-hydrogen) atoms. The third kappa shape index (κ3) is 5.99. The van der Waals surface area contributed by atoms with E-state index in [1.54, 1.807) is 36.4 Å². The molecule has 0 bridgehead atoms. The monoisotopic (exact) mass is 404 g/mol. The molecule has 2 aromatic rings. The summed E-state index contributed by atoms with van der Waals surface area (Å²) in [5.41, 5.74) is 0.949. The number of anilines is 1. The Morgan fingerprint density at radius 3 is 2.67 bits per heavy atom. The van der Waals surface area contributed by atoms with Crippen LogP contribution in [0.3, 0.4) is 0 Å². The van der Waals surface area contributed by atoms with E-state index in [1.165, 1.54) is 11.8 Å². The number of ether oxygens (including phenoxy) is 1. The second kappa shape index (κ2) is 9.78. The number of rotatable bonds is 7. The van der Waals surface area contributed by atoms with Gasteiger partial charge in [-0.05, 0) is 49.2 Å². The van der Waals surface area contributed by atoms with E-state index in [1.807, 2.05) is 12.1 Å². The molecular formula is C20H21ClN2O3S. The Hall–Kier alpha value is -2.02. The number of para-hydroxylation sites is 1. The van der Waals surface area contributed by atoms with E-state index in [0.29, 0.717) is 22.8 Å². The lowest BCUT2D eigenvalue weighted by Crippen LogP contribution is -2.32. The van der Waals surface area contributed by atoms with Crippen LogP contribution < -0.4 is 10.6 Å². The molecule has 1 saturated heterocycles. The first kappa shape index (κ1) is 19.7. The van der Waals surface area contributed by atoms with E-state index in [0.717, 1.165) is 24.3 Å². The molecule has 142 valence electrons. The summed E-state index contributed by atoms with van der Waals surface area (Å²) in [6, 6.07) is 14.3. The van der Waals surface area contributed by atoms with Crippen molar-refractivity contribution < 1.29 is 14.3 Å². The van der Waals surface area contributed by atoms with Crippen LogP contribution in [-0.2, 0) is 9.53 Å². The van der Waals surface area contributed by atoms with Crippen LogP contribution in [0.15, 0.2) is 53.4 Å². The summed E-state index contributed by atoms with van der Waals surface area (Å²) in [4.78, 5) is 25.7. The van der Waals surface area contributed by atoms with Crippen molar-refractivity contribution in [3.8, 4) is 0 Å². The Labute approximate surface area is 167 Å². The molecule has 2 aromatic carbocycles. The van der Waals surface area contributed by atoms with Gasteiger partial charge in [0.15, 0.2) is 0 Å². The summed E-state index contributed by atoms with van der Waals surface area (Å²) in [6.45, 7) is 1.23. The van der Waals surface area contributed by atoms with Crippen LogP contribution in [0.4, 0.5) is 5.69 Å². The number of amides is 2. The molecule has 7 heteroatoms. The number of hydrogen-bond acceptors (Lipinski definition) is 4. The molecule has 0 unspecified atom stereocenters. The van der Waals surface area contributed by atoms with Gasteiger partial charge in [0.1, 0.15) is 0 Å². The fourth-order valence-electron chi connectivity index (χ4n) is 2.76. The van der Waals surface area contributed by atoms with Crippen LogP contribution in [-0.4, -0.2) is 36.8 Å². The van der Waals surface area contributed by atoms with Crippen molar-refractivity contribution >= 4 is 40.9 Å². The van der Waals surface area contributed by atoms with Gasteiger partial charge in [-0.25, -0.2) is 0 Å². The topological polar surface area (TPSA) is 67.4 Å². The van der Waals surface area contributed by atoms with Crippen LogP contribution in [0.5, 0.6) is 0 Å². The molecule has 0 spiro atoms. The molecule has 0 radical (unpaired) electrons. The van der Waals surface area contributed by atoms with Gasteiger partial charge >= 0.3 is 0 Å². The molecule has 1 fully saturated rings. The highest BCUT2D eigenvalue weighted by Gasteiger charge is 2.18. The molecule has 3 rings (SSSR count). The Morgan fingerprint density at radius 1 is 1.15 bits per heavy atom. The minimum absolute atomic E-state index is 0.0754. The van der Waals surface area contributed by atoms with Gasteiger partial charge in [0.25, 0.3) is 5.91 Å². The molecule has 0 aromatic heterocycles. The van der Waals surface area contributed by atoms with Crippen molar-refractivity contribution in [2.24, 2.45) is 0 Å². The first-order chi connectivity index (χ1) is 13.1. The van der Waals surface area contributed by atoms with Gasteiger partial charge in [-0.1, -0.05) is 23.7 Å². The Kier molecular flexibility index (Phi) is 7.15. The first-order valence-electron chi connectivity index (χ1n) is 8.79. The second-order valence-electron chi connectivity index (χ2n) is 6.18. The van der Waals surface area contributed by atoms with Gasteiger partial charge < -0.3 is 15.4 Å². The zero-order chi connectivity index (χ0) is 19.1. The Morgan fingerprint density at radius 2 is 1.93 bits per heavy atom. The average Bonchev–Trinajstić information content (AvgIpc) is 3.20. The van der Waals surface area contributed by atoms with Crippen molar-refractivity contribution in [2.75, 3.05) is 24.2 Å². The van der Waals surface area contributed by atoms with E-state index in [9.17, 15) is 9.59 Å². The minimum Gasteiger partial charge on any atom is -0.376 e. The second-order valence-corrected chi connectivity index (χ2v) is 7.67. The van der Waals surface area contributed by atoms with Gasteiger partial charge in [0, 0.05) is 23.1 Å². The smallest absolute Gasteiger partial charge is 0.253 e. The highest BCUT2D eigenvalue weighted by atomic mass is 35.5. The molecule has 2 N–H and O–H groups in total. The maximum absolute atomic E-state index is 12.5. The summed E-state index contributed by atoms with van der Waals surface area (Å²) in [5, 5.41) is 6.37. The van der Waals surface area contributed by atoms with Gasteiger partial charge in [-0.2, -0.15) is 0 Å². The standard InChI is InChI=1S/C20H21ClN2O3S/c21-14-7-9-16(10-8-14)27-13-19(24)23-18-6-2-1-5-17(18)20(25)22-12-15-4-3-11-26-15/h1-2,5-10,15H,3-4,11-13H2,(H,22,25)(H,23,24)/t15-/m1/s1. The third-order valence-corrected chi connectivity index (χ3v) is 5.41. The van der Waals surface area contributed by atoms with E-state index >= 15 is 0 Å². The quantitative estimate of drug-likeness (QED) is 0.685. The maximum Gasteiger partial charge on any atom is 0.253 e. The van der Waals surface area contributed by atoms with Crippen LogP contribution in [0.2, 0.25) is 5.02 Å². The van der Waals surface area contributed by atoms with Crippen molar-refractivity contribution in [1.82, 2.24) is 5.32 Å². The van der Waals surface area contributed by atoms with E-state index in [2.05, 4.69) is 10.6 Å². The molecular weight excluding hydrogens is 384 g/mol. The minimum atomic E-state index is -0.216. The number of carbonyl (C=O) groups excluding carboxylic acids is 2. The molecule has 1 aliphatic heterocycles. The molecule has 0 saturated carbocycles.